The van der Waals surface area contributed by atoms with E-state index in [1.54, 1.807) is 0 Å². The van der Waals surface area contributed by atoms with Crippen LogP contribution >= 0.6 is 27.9 Å². The Bertz CT molecular complexity index is 558. The zero-order valence-corrected chi connectivity index (χ0v) is 12.1. The number of nitrogens with zero attached hydrogens (tertiary/aromatic N) is 2. The topological polar surface area (TPSA) is 80.4 Å². The molecule has 0 aliphatic heterocycles. The molecular formula is C10H8BrF3N4OS. The van der Waals surface area contributed by atoms with Crippen molar-refractivity contribution in [3.63, 3.8) is 0 Å². The molecule has 0 fully saturated rings. The summed E-state index contributed by atoms with van der Waals surface area (Å²) in [5.74, 6) is -0.980. The predicted molar refractivity (Wildman–Crippen MR) is 74.0 cm³/mol. The van der Waals surface area contributed by atoms with E-state index in [1.165, 1.54) is 6.07 Å². The number of amidine groups is 1. The Hall–Kier alpha value is -1.55. The number of nitrogens with two attached hydrogens (primary N) is 1. The molecule has 1 aromatic rings. The van der Waals surface area contributed by atoms with E-state index in [0.29, 0.717) is 11.9 Å². The predicted octanol–water partition coefficient (Wildman–Crippen LogP) is 2.66. The van der Waals surface area contributed by atoms with E-state index in [-0.39, 0.29) is 9.77 Å². The van der Waals surface area contributed by atoms with E-state index in [0.717, 1.165) is 12.3 Å². The minimum atomic E-state index is -4.72. The second-order valence-corrected chi connectivity index (χ2v) is 4.95. The molecule has 0 saturated carbocycles. The van der Waals surface area contributed by atoms with Crippen LogP contribution in [-0.4, -0.2) is 15.6 Å². The molecule has 108 valence electrons. The number of pyridine rings is 1. The van der Waals surface area contributed by atoms with E-state index in [1.807, 2.05) is 0 Å². The number of halogens is 4. The number of carbonyl (C=O) groups excluding carboxylic acids is 1. The summed E-state index contributed by atoms with van der Waals surface area (Å²) in [5, 5.41) is 2.19. The third-order valence-electron chi connectivity index (χ3n) is 1.82. The second kappa shape index (κ2) is 6.75. The zero-order chi connectivity index (χ0) is 15.3. The Morgan fingerprint density at radius 2 is 2.20 bits per heavy atom. The van der Waals surface area contributed by atoms with Crippen molar-refractivity contribution in [3.05, 3.63) is 41.2 Å². The fraction of sp³-hybridized carbons (Fsp3) is 0.100. The van der Waals surface area contributed by atoms with Crippen LogP contribution in [0.1, 0.15) is 16.1 Å². The van der Waals surface area contributed by atoms with Crippen molar-refractivity contribution in [2.75, 3.05) is 0 Å². The van der Waals surface area contributed by atoms with E-state index in [4.69, 9.17) is 5.73 Å². The lowest BCUT2D eigenvalue weighted by Gasteiger charge is -2.11. The van der Waals surface area contributed by atoms with Crippen molar-refractivity contribution in [2.24, 2.45) is 10.1 Å². The van der Waals surface area contributed by atoms with Crippen LogP contribution in [0.5, 0.6) is 0 Å². The van der Waals surface area contributed by atoms with Gasteiger partial charge in [0.2, 0.25) is 0 Å². The van der Waals surface area contributed by atoms with Gasteiger partial charge in [-0.25, -0.2) is 0 Å². The van der Waals surface area contributed by atoms with Crippen LogP contribution in [0.15, 0.2) is 34.3 Å². The van der Waals surface area contributed by atoms with Gasteiger partial charge in [0.25, 0.3) is 5.91 Å². The monoisotopic (exact) mass is 368 g/mol. The van der Waals surface area contributed by atoms with Gasteiger partial charge < -0.3 is 11.1 Å². The first-order valence-corrected chi connectivity index (χ1v) is 6.47. The normalized spacial score (nSPS) is 12.1. The fourth-order valence-electron chi connectivity index (χ4n) is 1.13. The molecule has 3 N–H and O–H groups in total. The number of nitrogens with one attached hydrogen (secondary N) is 1. The van der Waals surface area contributed by atoms with Crippen molar-refractivity contribution in [2.45, 2.75) is 6.18 Å². The highest BCUT2D eigenvalue weighted by Gasteiger charge is 2.36. The molecule has 1 amide bonds. The van der Waals surface area contributed by atoms with Crippen molar-refractivity contribution < 1.29 is 18.0 Å². The lowest BCUT2D eigenvalue weighted by Crippen LogP contribution is -2.25. The molecule has 5 nitrogen and oxygen atoms in total. The lowest BCUT2D eigenvalue weighted by atomic mass is 10.2. The summed E-state index contributed by atoms with van der Waals surface area (Å²) in [5.41, 5.74) is 3.33. The van der Waals surface area contributed by atoms with E-state index in [2.05, 4.69) is 37.2 Å². The molecule has 0 atom stereocenters. The number of hydrogen-bond donors (Lipinski definition) is 2. The van der Waals surface area contributed by atoms with Gasteiger partial charge in [-0.05, 0) is 28.1 Å². The Morgan fingerprint density at radius 3 is 2.75 bits per heavy atom. The van der Waals surface area contributed by atoms with Crippen LogP contribution in [0.3, 0.4) is 0 Å². The molecule has 1 heterocycles. The maximum Gasteiger partial charge on any atom is 0.434 e. The minimum Gasteiger partial charge on any atom is -0.377 e. The van der Waals surface area contributed by atoms with Gasteiger partial charge >= 0.3 is 6.18 Å². The third-order valence-corrected chi connectivity index (χ3v) is 2.84. The standard InChI is InChI=1S/C10H8BrF3N4OS/c1-5(20-18-9(11)15)17-8(19)6-3-2-4-16-7(6)10(12,13)14/h2-4H,1H2,(H2,15,18)(H,17,19). The maximum atomic E-state index is 12.7. The second-order valence-electron chi connectivity index (χ2n) is 3.28. The molecule has 0 spiro atoms. The first kappa shape index (κ1) is 16.5. The number of amides is 1. The van der Waals surface area contributed by atoms with Gasteiger partial charge in [0.05, 0.1) is 10.6 Å². The summed E-state index contributed by atoms with van der Waals surface area (Å²) < 4.78 is 41.7. The van der Waals surface area contributed by atoms with Crippen molar-refractivity contribution >= 4 is 38.5 Å². The summed E-state index contributed by atoms with van der Waals surface area (Å²) in [6, 6.07) is 2.25. The molecule has 1 aromatic heterocycles. The molecule has 10 heteroatoms. The Morgan fingerprint density at radius 1 is 1.55 bits per heavy atom. The van der Waals surface area contributed by atoms with Gasteiger partial charge in [0.1, 0.15) is 0 Å². The first-order valence-electron chi connectivity index (χ1n) is 4.90. The van der Waals surface area contributed by atoms with E-state index >= 15 is 0 Å². The Balaban J connectivity index is 2.89. The summed E-state index contributed by atoms with van der Waals surface area (Å²) in [6.07, 6.45) is -3.76. The molecule has 0 aromatic carbocycles. The van der Waals surface area contributed by atoms with E-state index in [9.17, 15) is 18.0 Å². The Labute approximate surface area is 124 Å². The zero-order valence-electron chi connectivity index (χ0n) is 9.74. The highest BCUT2D eigenvalue weighted by atomic mass is 79.9. The first-order chi connectivity index (χ1) is 9.21. The molecule has 0 saturated heterocycles. The third kappa shape index (κ3) is 4.85. The molecule has 0 radical (unpaired) electrons. The van der Waals surface area contributed by atoms with Gasteiger partial charge in [0.15, 0.2) is 10.4 Å². The summed E-state index contributed by atoms with van der Waals surface area (Å²) in [4.78, 5) is 14.9. The summed E-state index contributed by atoms with van der Waals surface area (Å²) in [7, 11) is 0. The van der Waals surface area contributed by atoms with Gasteiger partial charge in [0, 0.05) is 18.1 Å². The van der Waals surface area contributed by atoms with Crippen molar-refractivity contribution in [3.8, 4) is 0 Å². The number of alkyl halides is 3. The van der Waals surface area contributed by atoms with Gasteiger partial charge in [-0.3, -0.25) is 9.78 Å². The largest absolute Gasteiger partial charge is 0.434 e. The molecule has 0 unspecified atom stereocenters. The van der Waals surface area contributed by atoms with Crippen LogP contribution in [0.25, 0.3) is 0 Å². The minimum absolute atomic E-state index is 0.0226. The highest BCUT2D eigenvalue weighted by Crippen LogP contribution is 2.30. The smallest absolute Gasteiger partial charge is 0.377 e. The fourth-order valence-corrected chi connectivity index (χ4v) is 1.68. The SMILES string of the molecule is C=C(NC(=O)c1cccnc1C(F)(F)F)SN=C(N)Br. The molecule has 0 bridgehead atoms. The number of carbonyl (C=O) groups is 1. The van der Waals surface area contributed by atoms with Crippen LogP contribution in [-0.2, 0) is 6.18 Å². The quantitative estimate of drug-likeness (QED) is 0.370. The molecular weight excluding hydrogens is 361 g/mol. The maximum absolute atomic E-state index is 12.7. The molecule has 1 rings (SSSR count). The van der Waals surface area contributed by atoms with Crippen LogP contribution in [0.2, 0.25) is 0 Å². The molecule has 0 aliphatic rings. The van der Waals surface area contributed by atoms with Gasteiger partial charge in [-0.2, -0.15) is 17.6 Å². The Kier molecular flexibility index (Phi) is 5.57. The number of aromatic nitrogens is 1. The van der Waals surface area contributed by atoms with Gasteiger partial charge in [-0.15, -0.1) is 0 Å². The summed E-state index contributed by atoms with van der Waals surface area (Å²) in [6.45, 7) is 3.43. The number of rotatable bonds is 4. The van der Waals surface area contributed by atoms with E-state index < -0.39 is 23.3 Å². The number of hydrogen-bond acceptors (Lipinski definition) is 4. The summed E-state index contributed by atoms with van der Waals surface area (Å²) >= 11 is 3.55. The van der Waals surface area contributed by atoms with Crippen LogP contribution < -0.4 is 11.1 Å². The van der Waals surface area contributed by atoms with Crippen molar-refractivity contribution in [1.82, 2.24) is 10.3 Å². The van der Waals surface area contributed by atoms with Crippen LogP contribution in [0.4, 0.5) is 13.2 Å². The van der Waals surface area contributed by atoms with Crippen molar-refractivity contribution in [1.29, 1.82) is 0 Å². The molecule has 20 heavy (non-hydrogen) atoms. The average molecular weight is 369 g/mol. The lowest BCUT2D eigenvalue weighted by molar-refractivity contribution is -0.141. The molecule has 0 aliphatic carbocycles. The average Bonchev–Trinajstić information content (AvgIpc) is 2.35. The van der Waals surface area contributed by atoms with Gasteiger partial charge in [-0.1, -0.05) is 6.58 Å². The van der Waals surface area contributed by atoms with Crippen LogP contribution in [0, 0.1) is 0 Å². The highest BCUT2D eigenvalue weighted by molar-refractivity contribution is 9.18.